The number of nitrogens with zero attached hydrogens (tertiary/aromatic N) is 1. The highest BCUT2D eigenvalue weighted by Crippen LogP contribution is 2.30. The average Bonchev–Trinajstić information content (AvgIpc) is 2.77. The first kappa shape index (κ1) is 13.1. The number of hydrogen-bond acceptors (Lipinski definition) is 2. The largest absolute Gasteiger partial charge is 0.433 e. The van der Waals surface area contributed by atoms with E-state index in [0.717, 1.165) is 11.8 Å². The van der Waals surface area contributed by atoms with Crippen LogP contribution in [0.3, 0.4) is 0 Å². The number of amides is 1. The molecule has 1 amide bonds. The van der Waals surface area contributed by atoms with Gasteiger partial charge in [0.2, 0.25) is 0 Å². The smallest absolute Gasteiger partial charge is 0.322 e. The SMILES string of the molecule is Cc1cccc(NC(=O)c2cn[nH]c2C(F)(F)F)c1. The molecule has 0 saturated heterocycles. The number of carbonyl (C=O) groups excluding carboxylic acids is 1. The van der Waals surface area contributed by atoms with Crippen molar-refractivity contribution >= 4 is 11.6 Å². The fourth-order valence-electron chi connectivity index (χ4n) is 1.60. The number of carbonyl (C=O) groups is 1. The number of anilines is 1. The molecule has 0 atom stereocenters. The highest BCUT2D eigenvalue weighted by Gasteiger charge is 2.37. The molecule has 7 heteroatoms. The van der Waals surface area contributed by atoms with Gasteiger partial charge < -0.3 is 5.32 Å². The summed E-state index contributed by atoms with van der Waals surface area (Å²) in [7, 11) is 0. The molecule has 0 radical (unpaired) electrons. The minimum Gasteiger partial charge on any atom is -0.322 e. The monoisotopic (exact) mass is 269 g/mol. The summed E-state index contributed by atoms with van der Waals surface area (Å²) >= 11 is 0. The molecule has 1 aromatic heterocycles. The number of rotatable bonds is 2. The zero-order valence-electron chi connectivity index (χ0n) is 9.88. The molecule has 2 aromatic rings. The maximum absolute atomic E-state index is 12.6. The van der Waals surface area contributed by atoms with E-state index in [-0.39, 0.29) is 0 Å². The predicted octanol–water partition coefficient (Wildman–Crippen LogP) is 2.99. The lowest BCUT2D eigenvalue weighted by Crippen LogP contribution is -2.17. The third kappa shape index (κ3) is 2.93. The Morgan fingerprint density at radius 3 is 2.74 bits per heavy atom. The topological polar surface area (TPSA) is 57.8 Å². The van der Waals surface area contributed by atoms with Crippen LogP contribution in [0.25, 0.3) is 0 Å². The van der Waals surface area contributed by atoms with E-state index in [0.29, 0.717) is 5.69 Å². The van der Waals surface area contributed by atoms with E-state index in [9.17, 15) is 18.0 Å². The van der Waals surface area contributed by atoms with Crippen molar-refractivity contribution in [3.05, 3.63) is 47.3 Å². The number of aromatic nitrogens is 2. The van der Waals surface area contributed by atoms with E-state index < -0.39 is 23.3 Å². The maximum atomic E-state index is 12.6. The Labute approximate surface area is 106 Å². The van der Waals surface area contributed by atoms with E-state index >= 15 is 0 Å². The van der Waals surface area contributed by atoms with Gasteiger partial charge in [-0.2, -0.15) is 18.3 Å². The molecule has 0 bridgehead atoms. The second kappa shape index (κ2) is 4.75. The van der Waals surface area contributed by atoms with Crippen LogP contribution < -0.4 is 5.32 Å². The van der Waals surface area contributed by atoms with Gasteiger partial charge in [0.1, 0.15) is 0 Å². The number of aromatic amines is 1. The van der Waals surface area contributed by atoms with Crippen LogP contribution in [0.1, 0.15) is 21.6 Å². The molecule has 4 nitrogen and oxygen atoms in total. The second-order valence-electron chi connectivity index (χ2n) is 3.98. The fraction of sp³-hybridized carbons (Fsp3) is 0.167. The Bertz CT molecular complexity index is 604. The van der Waals surface area contributed by atoms with Crippen LogP contribution in [-0.4, -0.2) is 16.1 Å². The summed E-state index contributed by atoms with van der Waals surface area (Å²) in [5.74, 6) is -0.855. The van der Waals surface area contributed by atoms with Crippen molar-refractivity contribution < 1.29 is 18.0 Å². The van der Waals surface area contributed by atoms with E-state index in [1.54, 1.807) is 23.3 Å². The first-order chi connectivity index (χ1) is 8.88. The van der Waals surface area contributed by atoms with Gasteiger partial charge in [0, 0.05) is 5.69 Å². The molecular formula is C12H10F3N3O. The number of nitrogens with one attached hydrogen (secondary N) is 2. The molecule has 0 fully saturated rings. The molecule has 1 aromatic carbocycles. The van der Waals surface area contributed by atoms with Gasteiger partial charge in [-0.05, 0) is 24.6 Å². The Morgan fingerprint density at radius 1 is 1.37 bits per heavy atom. The fourth-order valence-corrected chi connectivity index (χ4v) is 1.60. The average molecular weight is 269 g/mol. The van der Waals surface area contributed by atoms with E-state index in [2.05, 4.69) is 10.4 Å². The van der Waals surface area contributed by atoms with Gasteiger partial charge in [0.25, 0.3) is 5.91 Å². The predicted molar refractivity (Wildman–Crippen MR) is 62.7 cm³/mol. The van der Waals surface area contributed by atoms with Crippen LogP contribution in [0, 0.1) is 6.92 Å². The number of alkyl halides is 3. The number of hydrogen-bond donors (Lipinski definition) is 2. The Morgan fingerprint density at radius 2 is 2.11 bits per heavy atom. The van der Waals surface area contributed by atoms with Crippen molar-refractivity contribution in [3.8, 4) is 0 Å². The van der Waals surface area contributed by atoms with Gasteiger partial charge in [-0.25, -0.2) is 0 Å². The van der Waals surface area contributed by atoms with Crippen molar-refractivity contribution in [1.82, 2.24) is 10.2 Å². The summed E-state index contributed by atoms with van der Waals surface area (Å²) in [5, 5.41) is 7.45. The molecule has 0 aliphatic carbocycles. The minimum absolute atomic E-state index is 0.430. The van der Waals surface area contributed by atoms with Crippen molar-refractivity contribution in [2.24, 2.45) is 0 Å². The van der Waals surface area contributed by atoms with Gasteiger partial charge >= 0.3 is 6.18 Å². The minimum atomic E-state index is -4.64. The van der Waals surface area contributed by atoms with Gasteiger partial charge in [0.15, 0.2) is 5.69 Å². The van der Waals surface area contributed by atoms with Crippen LogP contribution in [0.15, 0.2) is 30.5 Å². The quantitative estimate of drug-likeness (QED) is 0.880. The van der Waals surface area contributed by atoms with E-state index in [1.165, 1.54) is 0 Å². The summed E-state index contributed by atoms with van der Waals surface area (Å²) in [5.41, 5.74) is -0.368. The lowest BCUT2D eigenvalue weighted by molar-refractivity contribution is -0.141. The summed E-state index contributed by atoms with van der Waals surface area (Å²) in [6, 6.07) is 6.77. The van der Waals surface area contributed by atoms with Gasteiger partial charge in [-0.3, -0.25) is 9.89 Å². The molecule has 19 heavy (non-hydrogen) atoms. The molecule has 2 N–H and O–H groups in total. The molecule has 0 aliphatic rings. The molecule has 100 valence electrons. The highest BCUT2D eigenvalue weighted by atomic mass is 19.4. The number of benzene rings is 1. The first-order valence-corrected chi connectivity index (χ1v) is 5.36. The van der Waals surface area contributed by atoms with Crippen molar-refractivity contribution in [2.75, 3.05) is 5.32 Å². The molecule has 0 saturated carbocycles. The van der Waals surface area contributed by atoms with Gasteiger partial charge in [-0.15, -0.1) is 0 Å². The van der Waals surface area contributed by atoms with Crippen LogP contribution >= 0.6 is 0 Å². The lowest BCUT2D eigenvalue weighted by atomic mass is 10.2. The number of H-pyrrole nitrogens is 1. The molecule has 0 aliphatic heterocycles. The summed E-state index contributed by atoms with van der Waals surface area (Å²) < 4.78 is 37.8. The zero-order valence-corrected chi connectivity index (χ0v) is 9.88. The van der Waals surface area contributed by atoms with Crippen molar-refractivity contribution in [3.63, 3.8) is 0 Å². The number of halogens is 3. The summed E-state index contributed by atoms with van der Waals surface area (Å²) in [6.45, 7) is 1.81. The Balaban J connectivity index is 2.24. The molecule has 2 rings (SSSR count). The highest BCUT2D eigenvalue weighted by molar-refractivity contribution is 6.05. The standard InChI is InChI=1S/C12H10F3N3O/c1-7-3-2-4-8(5-7)17-11(19)9-6-16-18-10(9)12(13,14)15/h2-6H,1H3,(H,16,18)(H,17,19). The number of aryl methyl sites for hydroxylation is 1. The second-order valence-corrected chi connectivity index (χ2v) is 3.98. The van der Waals surface area contributed by atoms with Gasteiger partial charge in [-0.1, -0.05) is 12.1 Å². The third-order valence-electron chi connectivity index (χ3n) is 2.44. The normalized spacial score (nSPS) is 11.4. The molecule has 1 heterocycles. The molecular weight excluding hydrogens is 259 g/mol. The summed E-state index contributed by atoms with van der Waals surface area (Å²) in [6.07, 6.45) is -3.79. The molecule has 0 unspecified atom stereocenters. The van der Waals surface area contributed by atoms with Crippen LogP contribution in [0.2, 0.25) is 0 Å². The van der Waals surface area contributed by atoms with E-state index in [1.807, 2.05) is 13.0 Å². The zero-order chi connectivity index (χ0) is 14.0. The Hall–Kier alpha value is -2.31. The van der Waals surface area contributed by atoms with E-state index in [4.69, 9.17) is 0 Å². The van der Waals surface area contributed by atoms with Crippen LogP contribution in [-0.2, 0) is 6.18 Å². The summed E-state index contributed by atoms with van der Waals surface area (Å²) in [4.78, 5) is 11.8. The van der Waals surface area contributed by atoms with Crippen LogP contribution in [0.5, 0.6) is 0 Å². The Kier molecular flexibility index (Phi) is 3.28. The third-order valence-corrected chi connectivity index (χ3v) is 2.44. The lowest BCUT2D eigenvalue weighted by Gasteiger charge is -2.08. The van der Waals surface area contributed by atoms with Gasteiger partial charge in [0.05, 0.1) is 11.8 Å². The van der Waals surface area contributed by atoms with Crippen molar-refractivity contribution in [1.29, 1.82) is 0 Å². The van der Waals surface area contributed by atoms with Crippen molar-refractivity contribution in [2.45, 2.75) is 13.1 Å². The first-order valence-electron chi connectivity index (χ1n) is 5.36. The maximum Gasteiger partial charge on any atom is 0.433 e. The van der Waals surface area contributed by atoms with Crippen LogP contribution in [0.4, 0.5) is 18.9 Å². The molecule has 0 spiro atoms.